The van der Waals surface area contributed by atoms with E-state index in [0.717, 1.165) is 20.9 Å². The summed E-state index contributed by atoms with van der Waals surface area (Å²) in [6, 6.07) is 30.0. The molecule has 0 spiro atoms. The van der Waals surface area contributed by atoms with Gasteiger partial charge in [-0.2, -0.15) is 21.0 Å². The Balaban J connectivity index is 1.89. The normalized spacial score (nSPS) is 14.5. The van der Waals surface area contributed by atoms with Crippen LogP contribution in [0.25, 0.3) is 22.1 Å². The summed E-state index contributed by atoms with van der Waals surface area (Å²) in [6.07, 6.45) is 0. The Bertz CT molecular complexity index is 2330. The lowest BCUT2D eigenvalue weighted by molar-refractivity contribution is 1.08. The summed E-state index contributed by atoms with van der Waals surface area (Å²) < 4.78 is 0. The quantitative estimate of drug-likeness (QED) is 0.290. The van der Waals surface area contributed by atoms with E-state index in [0.29, 0.717) is 43.5 Å². The molecular weight excluding hydrogens is 496 g/mol. The number of nitriles is 4. The van der Waals surface area contributed by atoms with Crippen molar-refractivity contribution in [1.29, 1.82) is 21.0 Å². The summed E-state index contributed by atoms with van der Waals surface area (Å²) >= 11 is 0. The Morgan fingerprint density at radius 3 is 0.800 bits per heavy atom. The zero-order chi connectivity index (χ0) is 27.4. The molecule has 0 bridgehead atoms. The molecule has 8 heteroatoms. The molecule has 40 heavy (non-hydrogen) atoms. The SMILES string of the molecule is N#Cc1cc2nc3/c(nc2cc1C#N)=c1/cccc/c1=c1\nc2cc(C#N)c(C#N)cc2n\c1=c1/cccc/c1=3. The van der Waals surface area contributed by atoms with Gasteiger partial charge in [-0.05, 0) is 24.3 Å². The van der Waals surface area contributed by atoms with Crippen LogP contribution in [0.4, 0.5) is 0 Å². The number of hydrogen-bond acceptors (Lipinski definition) is 8. The molecule has 0 saturated heterocycles. The van der Waals surface area contributed by atoms with Gasteiger partial charge in [-0.1, -0.05) is 48.5 Å². The van der Waals surface area contributed by atoms with E-state index in [-0.39, 0.29) is 22.3 Å². The maximum absolute atomic E-state index is 9.58. The number of rotatable bonds is 0. The Morgan fingerprint density at radius 1 is 0.375 bits per heavy atom. The van der Waals surface area contributed by atoms with Crippen LogP contribution in [0.3, 0.4) is 0 Å². The minimum absolute atomic E-state index is 0.233. The standard InChI is InChI=1S/C32H12N8/c33-13-17-9-25-26(10-18(17)14-34)39-31-23-7-3-4-8-24(23)32-30(22-6-2-1-5-21(22)29(31)37-25)38-27-11-19(15-35)20(16-36)12-28(27)40-32/h1-12H/b29-21+,30-22+,31-23+,32-24+. The highest BCUT2D eigenvalue weighted by Crippen LogP contribution is 2.20. The minimum Gasteiger partial charge on any atom is -0.244 e. The topological polar surface area (TPSA) is 147 Å². The van der Waals surface area contributed by atoms with Crippen molar-refractivity contribution in [3.63, 3.8) is 0 Å². The van der Waals surface area contributed by atoms with E-state index < -0.39 is 0 Å². The van der Waals surface area contributed by atoms with Gasteiger partial charge in [0.25, 0.3) is 0 Å². The smallest absolute Gasteiger partial charge is 0.101 e. The number of fused-ring (bicyclic) bond motifs is 6. The third-order valence-electron chi connectivity index (χ3n) is 6.96. The van der Waals surface area contributed by atoms with Crippen molar-refractivity contribution in [2.24, 2.45) is 0 Å². The molecule has 0 aliphatic heterocycles. The second-order valence-electron chi connectivity index (χ2n) is 9.15. The third kappa shape index (κ3) is 3.22. The van der Waals surface area contributed by atoms with Crippen LogP contribution >= 0.6 is 0 Å². The predicted octanol–water partition coefficient (Wildman–Crippen LogP) is 4.52. The van der Waals surface area contributed by atoms with E-state index in [2.05, 4.69) is 24.3 Å². The Hall–Kier alpha value is -6.48. The molecule has 180 valence electrons. The van der Waals surface area contributed by atoms with Crippen molar-refractivity contribution in [3.05, 3.63) is 137 Å². The molecule has 2 heterocycles. The molecule has 6 aromatic rings. The van der Waals surface area contributed by atoms with Gasteiger partial charge >= 0.3 is 0 Å². The van der Waals surface area contributed by atoms with E-state index >= 15 is 0 Å². The highest BCUT2D eigenvalue weighted by atomic mass is 14.8. The van der Waals surface area contributed by atoms with E-state index in [1.54, 1.807) is 24.3 Å². The Morgan fingerprint density at radius 2 is 0.600 bits per heavy atom. The van der Waals surface area contributed by atoms with Crippen LogP contribution in [0.15, 0.2) is 72.8 Å². The lowest BCUT2D eigenvalue weighted by atomic mass is 10.1. The van der Waals surface area contributed by atoms with E-state index in [1.165, 1.54) is 0 Å². The highest BCUT2D eigenvalue weighted by Gasteiger charge is 2.12. The molecule has 0 atom stereocenters. The lowest BCUT2D eigenvalue weighted by Gasteiger charge is -2.05. The molecule has 1 aliphatic rings. The minimum atomic E-state index is 0.233. The number of hydrogen-bond donors (Lipinski definition) is 0. The summed E-state index contributed by atoms with van der Waals surface area (Å²) in [7, 11) is 0. The van der Waals surface area contributed by atoms with E-state index in [1.807, 2.05) is 48.5 Å². The lowest BCUT2D eigenvalue weighted by Crippen LogP contribution is -2.00. The molecule has 0 N–H and O–H groups in total. The van der Waals surface area contributed by atoms with E-state index in [4.69, 9.17) is 19.9 Å². The van der Waals surface area contributed by atoms with Crippen LogP contribution in [0, 0.1) is 87.6 Å². The van der Waals surface area contributed by atoms with Crippen LogP contribution in [0.5, 0.6) is 0 Å². The molecule has 1 aliphatic carbocycles. The second kappa shape index (κ2) is 8.54. The van der Waals surface area contributed by atoms with Gasteiger partial charge in [-0.25, -0.2) is 19.9 Å². The molecule has 0 fully saturated rings. The average molecular weight is 509 g/mol. The van der Waals surface area contributed by atoms with Gasteiger partial charge in [0.1, 0.15) is 24.3 Å². The molecule has 0 unspecified atom stereocenters. The molecule has 7 rings (SSSR count). The second-order valence-corrected chi connectivity index (χ2v) is 9.15. The van der Waals surface area contributed by atoms with Crippen molar-refractivity contribution >= 4 is 22.1 Å². The van der Waals surface area contributed by atoms with Crippen LogP contribution < -0.4 is 0 Å². The first kappa shape index (κ1) is 22.7. The fraction of sp³-hybridized carbons (Fsp3) is 0. The monoisotopic (exact) mass is 508 g/mol. The van der Waals surface area contributed by atoms with Gasteiger partial charge in [0.15, 0.2) is 0 Å². The van der Waals surface area contributed by atoms with Crippen LogP contribution in [-0.4, -0.2) is 19.9 Å². The Kier molecular flexibility index (Phi) is 4.84. The number of nitrogens with zero attached hydrogens (tertiary/aromatic N) is 8. The van der Waals surface area contributed by atoms with Gasteiger partial charge in [0.05, 0.1) is 65.7 Å². The molecule has 8 nitrogen and oxygen atoms in total. The van der Waals surface area contributed by atoms with Gasteiger partial charge in [-0.15, -0.1) is 0 Å². The third-order valence-corrected chi connectivity index (χ3v) is 6.96. The molecule has 0 amide bonds. The highest BCUT2D eigenvalue weighted by molar-refractivity contribution is 5.79. The Labute approximate surface area is 224 Å². The summed E-state index contributed by atoms with van der Waals surface area (Å²) in [5, 5.41) is 43.8. The molecule has 0 saturated carbocycles. The van der Waals surface area contributed by atoms with E-state index in [9.17, 15) is 21.0 Å². The first-order valence-corrected chi connectivity index (χ1v) is 12.1. The fourth-order valence-corrected chi connectivity index (χ4v) is 5.12. The van der Waals surface area contributed by atoms with Crippen molar-refractivity contribution in [2.45, 2.75) is 0 Å². The average Bonchev–Trinajstić information content (AvgIpc) is 3.01. The van der Waals surface area contributed by atoms with Crippen LogP contribution in [-0.2, 0) is 0 Å². The number of benzene rings is 4. The van der Waals surface area contributed by atoms with Crippen molar-refractivity contribution in [2.75, 3.05) is 0 Å². The first-order valence-electron chi connectivity index (χ1n) is 12.1. The maximum Gasteiger partial charge on any atom is 0.101 e. The first-order chi connectivity index (χ1) is 19.6. The van der Waals surface area contributed by atoms with Crippen LogP contribution in [0.2, 0.25) is 0 Å². The zero-order valence-corrected chi connectivity index (χ0v) is 20.5. The zero-order valence-electron chi connectivity index (χ0n) is 20.5. The van der Waals surface area contributed by atoms with Crippen molar-refractivity contribution < 1.29 is 0 Å². The van der Waals surface area contributed by atoms with Crippen molar-refractivity contribution in [1.82, 2.24) is 19.9 Å². The molecule has 0 radical (unpaired) electrons. The largest absolute Gasteiger partial charge is 0.244 e. The predicted molar refractivity (Wildman–Crippen MR) is 142 cm³/mol. The number of aromatic nitrogens is 4. The van der Waals surface area contributed by atoms with Gasteiger partial charge in [-0.3, -0.25) is 0 Å². The fourth-order valence-electron chi connectivity index (χ4n) is 5.12. The van der Waals surface area contributed by atoms with Gasteiger partial charge < -0.3 is 0 Å². The van der Waals surface area contributed by atoms with Gasteiger partial charge in [0, 0.05) is 20.9 Å². The summed E-state index contributed by atoms with van der Waals surface area (Å²) in [6.45, 7) is 0. The summed E-state index contributed by atoms with van der Waals surface area (Å²) in [4.78, 5) is 19.9. The summed E-state index contributed by atoms with van der Waals surface area (Å²) in [5.74, 6) is 0. The van der Waals surface area contributed by atoms with Crippen molar-refractivity contribution in [3.8, 4) is 24.3 Å². The summed E-state index contributed by atoms with van der Waals surface area (Å²) in [5.41, 5.74) is 2.91. The maximum atomic E-state index is 9.58. The van der Waals surface area contributed by atoms with Crippen LogP contribution in [0.1, 0.15) is 22.3 Å². The molecule has 4 aromatic carbocycles. The molecular formula is C32H12N8. The molecule has 2 aromatic heterocycles. The van der Waals surface area contributed by atoms with Gasteiger partial charge in [0.2, 0.25) is 0 Å².